The van der Waals surface area contributed by atoms with E-state index in [0.29, 0.717) is 0 Å². The smallest absolute Gasteiger partial charge is 0.0453 e. The van der Waals surface area contributed by atoms with Gasteiger partial charge in [-0.05, 0) is 61.0 Å². The molecule has 1 aromatic heterocycles. The second kappa shape index (κ2) is 7.46. The molecule has 1 nitrogen and oxygen atoms in total. The summed E-state index contributed by atoms with van der Waals surface area (Å²) in [5.41, 5.74) is 2.34. The van der Waals surface area contributed by atoms with Gasteiger partial charge in [0.25, 0.3) is 0 Å². The van der Waals surface area contributed by atoms with Crippen molar-refractivity contribution in [3.05, 3.63) is 55.7 Å². The molecule has 1 atom stereocenters. The van der Waals surface area contributed by atoms with Crippen molar-refractivity contribution in [2.45, 2.75) is 32.7 Å². The Hall–Kier alpha value is -0.540. The fourth-order valence-corrected chi connectivity index (χ4v) is 3.51. The summed E-state index contributed by atoms with van der Waals surface area (Å²) in [6, 6.07) is 8.19. The van der Waals surface area contributed by atoms with Gasteiger partial charge in [0.15, 0.2) is 0 Å². The predicted molar refractivity (Wildman–Crippen MR) is 90.3 cm³/mol. The van der Waals surface area contributed by atoms with Crippen LogP contribution in [0.2, 0.25) is 10.0 Å². The largest absolute Gasteiger partial charge is 0.310 e. The van der Waals surface area contributed by atoms with Crippen molar-refractivity contribution >= 4 is 34.5 Å². The monoisotopic (exact) mass is 327 g/mol. The third-order valence-electron chi connectivity index (χ3n) is 3.26. The molecular weight excluding hydrogens is 309 g/mol. The van der Waals surface area contributed by atoms with Crippen LogP contribution in [-0.2, 0) is 6.42 Å². The summed E-state index contributed by atoms with van der Waals surface area (Å²) in [6.07, 6.45) is 1.92. The molecular formula is C16H19Cl2NS. The molecule has 1 aromatic carbocycles. The van der Waals surface area contributed by atoms with Crippen LogP contribution in [0.25, 0.3) is 0 Å². The summed E-state index contributed by atoms with van der Waals surface area (Å²) in [7, 11) is 0. The van der Waals surface area contributed by atoms with Crippen molar-refractivity contribution in [2.24, 2.45) is 0 Å². The van der Waals surface area contributed by atoms with Crippen LogP contribution < -0.4 is 5.32 Å². The van der Waals surface area contributed by atoms with Crippen molar-refractivity contribution < 1.29 is 0 Å². The summed E-state index contributed by atoms with van der Waals surface area (Å²) < 4.78 is 0. The lowest BCUT2D eigenvalue weighted by Crippen LogP contribution is -2.24. The Morgan fingerprint density at radius 3 is 2.50 bits per heavy atom. The van der Waals surface area contributed by atoms with Gasteiger partial charge in [-0.15, -0.1) is 11.3 Å². The number of aryl methyl sites for hydroxylation is 1. The highest BCUT2D eigenvalue weighted by Gasteiger charge is 2.16. The minimum absolute atomic E-state index is 0.261. The molecule has 20 heavy (non-hydrogen) atoms. The van der Waals surface area contributed by atoms with Crippen LogP contribution >= 0.6 is 34.5 Å². The zero-order valence-corrected chi connectivity index (χ0v) is 14.1. The van der Waals surface area contributed by atoms with Gasteiger partial charge in [-0.1, -0.05) is 36.2 Å². The highest BCUT2D eigenvalue weighted by Crippen LogP contribution is 2.30. The normalized spacial score (nSPS) is 12.6. The predicted octanol–water partition coefficient (Wildman–Crippen LogP) is 5.65. The maximum absolute atomic E-state index is 6.29. The molecule has 0 aliphatic rings. The molecule has 1 heterocycles. The van der Waals surface area contributed by atoms with Gasteiger partial charge >= 0.3 is 0 Å². The van der Waals surface area contributed by atoms with Crippen molar-refractivity contribution in [1.82, 2.24) is 5.32 Å². The average Bonchev–Trinajstić information content (AvgIpc) is 2.84. The van der Waals surface area contributed by atoms with Gasteiger partial charge in [0.1, 0.15) is 0 Å². The Kier molecular flexibility index (Phi) is 5.91. The number of hydrogen-bond acceptors (Lipinski definition) is 2. The molecule has 0 aliphatic carbocycles. The Morgan fingerprint density at radius 2 is 1.95 bits per heavy atom. The molecule has 108 valence electrons. The van der Waals surface area contributed by atoms with E-state index in [0.717, 1.165) is 35.0 Å². The van der Waals surface area contributed by atoms with Crippen LogP contribution in [0, 0.1) is 6.92 Å². The van der Waals surface area contributed by atoms with Gasteiger partial charge in [0.2, 0.25) is 0 Å². The Bertz CT molecular complexity index is 545. The van der Waals surface area contributed by atoms with Crippen molar-refractivity contribution in [3.63, 3.8) is 0 Å². The number of rotatable bonds is 6. The molecule has 0 saturated carbocycles. The van der Waals surface area contributed by atoms with Crippen LogP contribution in [0.1, 0.15) is 35.4 Å². The lowest BCUT2D eigenvalue weighted by molar-refractivity contribution is 0.530. The fraction of sp³-hybridized carbons (Fsp3) is 0.375. The molecule has 0 radical (unpaired) electrons. The molecule has 4 heteroatoms. The first-order valence-corrected chi connectivity index (χ1v) is 8.46. The highest BCUT2D eigenvalue weighted by molar-refractivity contribution is 7.10. The zero-order chi connectivity index (χ0) is 14.5. The van der Waals surface area contributed by atoms with Crippen LogP contribution in [0.4, 0.5) is 0 Å². The maximum Gasteiger partial charge on any atom is 0.0453 e. The molecule has 0 saturated heterocycles. The van der Waals surface area contributed by atoms with E-state index in [1.165, 1.54) is 10.4 Å². The molecule has 1 unspecified atom stereocenters. The Morgan fingerprint density at radius 1 is 1.25 bits per heavy atom. The minimum atomic E-state index is 0.261. The zero-order valence-electron chi connectivity index (χ0n) is 11.7. The van der Waals surface area contributed by atoms with Crippen LogP contribution in [-0.4, -0.2) is 6.54 Å². The first-order valence-electron chi connectivity index (χ1n) is 6.83. The van der Waals surface area contributed by atoms with Crippen LogP contribution in [0.3, 0.4) is 0 Å². The summed E-state index contributed by atoms with van der Waals surface area (Å²) in [5, 5.41) is 7.29. The van der Waals surface area contributed by atoms with Gasteiger partial charge in [-0.25, -0.2) is 0 Å². The summed E-state index contributed by atoms with van der Waals surface area (Å²) in [6.45, 7) is 5.29. The van der Waals surface area contributed by atoms with Crippen molar-refractivity contribution in [1.29, 1.82) is 0 Å². The van der Waals surface area contributed by atoms with Gasteiger partial charge in [-0.3, -0.25) is 0 Å². The first kappa shape index (κ1) is 15.8. The number of thiophene rings is 1. The second-order valence-electron chi connectivity index (χ2n) is 4.90. The Balaban J connectivity index is 2.23. The minimum Gasteiger partial charge on any atom is -0.310 e. The number of nitrogens with one attached hydrogen (secondary N) is 1. The number of halogens is 2. The maximum atomic E-state index is 6.29. The molecule has 0 fully saturated rings. The van der Waals surface area contributed by atoms with Crippen LogP contribution in [0.15, 0.2) is 29.6 Å². The molecule has 0 spiro atoms. The van der Waals surface area contributed by atoms with E-state index in [2.05, 4.69) is 30.6 Å². The molecule has 1 N–H and O–H groups in total. The summed E-state index contributed by atoms with van der Waals surface area (Å²) in [5.74, 6) is 0. The van der Waals surface area contributed by atoms with E-state index in [1.807, 2.05) is 18.2 Å². The highest BCUT2D eigenvalue weighted by atomic mass is 35.5. The summed E-state index contributed by atoms with van der Waals surface area (Å²) >= 11 is 14.4. The molecule has 0 bridgehead atoms. The van der Waals surface area contributed by atoms with E-state index in [4.69, 9.17) is 23.2 Å². The fourth-order valence-electron chi connectivity index (χ4n) is 2.20. The van der Waals surface area contributed by atoms with E-state index >= 15 is 0 Å². The molecule has 0 aliphatic heterocycles. The lowest BCUT2D eigenvalue weighted by atomic mass is 10.0. The molecule has 0 amide bonds. The van der Waals surface area contributed by atoms with Crippen LogP contribution in [0.5, 0.6) is 0 Å². The van der Waals surface area contributed by atoms with E-state index in [-0.39, 0.29) is 6.04 Å². The average molecular weight is 328 g/mol. The molecule has 2 aromatic rings. The number of benzene rings is 1. The van der Waals surface area contributed by atoms with E-state index in [9.17, 15) is 0 Å². The van der Waals surface area contributed by atoms with E-state index < -0.39 is 0 Å². The van der Waals surface area contributed by atoms with Crippen molar-refractivity contribution in [2.75, 3.05) is 6.54 Å². The molecule has 2 rings (SSSR count). The first-order chi connectivity index (χ1) is 9.61. The Labute approximate surface area is 134 Å². The lowest BCUT2D eigenvalue weighted by Gasteiger charge is -2.19. The topological polar surface area (TPSA) is 12.0 Å². The third kappa shape index (κ3) is 3.98. The van der Waals surface area contributed by atoms with Gasteiger partial charge in [0, 0.05) is 21.0 Å². The standard InChI is InChI=1S/C16H19Cl2NS/c1-3-7-19-16(12-8-11(2)20-10-12)9-13-14(17)5-4-6-15(13)18/h4-6,8,10,16,19H,3,7,9H2,1-2H3. The SMILES string of the molecule is CCCNC(Cc1c(Cl)cccc1Cl)c1csc(C)c1. The van der Waals surface area contributed by atoms with Gasteiger partial charge < -0.3 is 5.32 Å². The van der Waals surface area contributed by atoms with E-state index in [1.54, 1.807) is 11.3 Å². The second-order valence-corrected chi connectivity index (χ2v) is 6.83. The number of hydrogen-bond donors (Lipinski definition) is 1. The van der Waals surface area contributed by atoms with Gasteiger partial charge in [-0.2, -0.15) is 0 Å². The third-order valence-corrected chi connectivity index (χ3v) is 4.85. The van der Waals surface area contributed by atoms with Crippen molar-refractivity contribution in [3.8, 4) is 0 Å². The quantitative estimate of drug-likeness (QED) is 0.723. The summed E-state index contributed by atoms with van der Waals surface area (Å²) in [4.78, 5) is 1.33. The van der Waals surface area contributed by atoms with Gasteiger partial charge in [0.05, 0.1) is 0 Å².